The van der Waals surface area contributed by atoms with Gasteiger partial charge in [-0.3, -0.25) is 4.79 Å². The van der Waals surface area contributed by atoms with Crippen molar-refractivity contribution in [1.82, 2.24) is 4.90 Å². The Bertz CT molecular complexity index is 741. The monoisotopic (exact) mass is 325 g/mol. The maximum atomic E-state index is 13.2. The molecular formula is C20H23NO3. The second-order valence-corrected chi connectivity index (χ2v) is 6.41. The summed E-state index contributed by atoms with van der Waals surface area (Å²) in [7, 11) is 5.61. The summed E-state index contributed by atoms with van der Waals surface area (Å²) in [6, 6.07) is 15.3. The van der Waals surface area contributed by atoms with Crippen molar-refractivity contribution in [1.29, 1.82) is 0 Å². The molecule has 126 valence electrons. The highest BCUT2D eigenvalue weighted by Gasteiger charge is 2.42. The van der Waals surface area contributed by atoms with E-state index in [9.17, 15) is 4.79 Å². The van der Waals surface area contributed by atoms with Gasteiger partial charge in [0.25, 0.3) is 0 Å². The predicted octanol–water partition coefficient (Wildman–Crippen LogP) is 3.58. The Morgan fingerprint density at radius 1 is 1.12 bits per heavy atom. The van der Waals surface area contributed by atoms with Crippen molar-refractivity contribution in [2.24, 2.45) is 5.92 Å². The number of hydrogen-bond donors (Lipinski definition) is 0. The van der Waals surface area contributed by atoms with E-state index in [2.05, 4.69) is 11.8 Å². The third-order valence-corrected chi connectivity index (χ3v) is 4.79. The first-order valence-corrected chi connectivity index (χ1v) is 8.13. The van der Waals surface area contributed by atoms with Gasteiger partial charge >= 0.3 is 0 Å². The van der Waals surface area contributed by atoms with Crippen LogP contribution in [0.3, 0.4) is 0 Å². The van der Waals surface area contributed by atoms with Crippen LogP contribution in [-0.2, 0) is 0 Å². The number of carbonyl (C=O) groups is 1. The zero-order chi connectivity index (χ0) is 17.3. The third-order valence-electron chi connectivity index (χ3n) is 4.79. The predicted molar refractivity (Wildman–Crippen MR) is 93.8 cm³/mol. The molecule has 2 aromatic rings. The summed E-state index contributed by atoms with van der Waals surface area (Å²) in [6.07, 6.45) is -0.333. The molecule has 0 aromatic heterocycles. The first-order valence-electron chi connectivity index (χ1n) is 8.13. The fourth-order valence-corrected chi connectivity index (χ4v) is 3.19. The smallest absolute Gasteiger partial charge is 0.175 e. The van der Waals surface area contributed by atoms with Gasteiger partial charge in [-0.15, -0.1) is 0 Å². The average Bonchev–Trinajstić information content (AvgIpc) is 2.61. The molecule has 0 aliphatic carbocycles. The van der Waals surface area contributed by atoms with Gasteiger partial charge in [0.05, 0.1) is 18.6 Å². The number of ketones is 1. The summed E-state index contributed by atoms with van der Waals surface area (Å²) < 4.78 is 11.6. The molecule has 3 atom stereocenters. The second-order valence-electron chi connectivity index (χ2n) is 6.41. The normalized spacial score (nSPS) is 21.1. The number of ether oxygens (including phenoxy) is 2. The molecule has 0 N–H and O–H groups in total. The van der Waals surface area contributed by atoms with E-state index < -0.39 is 0 Å². The number of fused-ring (bicyclic) bond motifs is 1. The maximum absolute atomic E-state index is 13.2. The van der Waals surface area contributed by atoms with Gasteiger partial charge in [0, 0.05) is 6.04 Å². The first kappa shape index (κ1) is 16.5. The summed E-state index contributed by atoms with van der Waals surface area (Å²) in [4.78, 5) is 15.2. The standard InChI is InChI=1S/C20H23NO3/c1-13(21(2)3)18-19(22)16-10-5-6-11-17(16)24-20(18)14-8-7-9-15(12-14)23-4/h5-13,18,20H,1-4H3. The van der Waals surface area contributed by atoms with Crippen LogP contribution < -0.4 is 9.47 Å². The van der Waals surface area contributed by atoms with Crippen molar-refractivity contribution in [2.45, 2.75) is 19.1 Å². The molecule has 1 aliphatic heterocycles. The molecule has 0 amide bonds. The minimum absolute atomic E-state index is 0.0436. The van der Waals surface area contributed by atoms with Crippen LogP contribution in [0.5, 0.6) is 11.5 Å². The molecule has 3 rings (SSSR count). The fraction of sp³-hybridized carbons (Fsp3) is 0.350. The number of nitrogens with zero attached hydrogens (tertiary/aromatic N) is 1. The summed E-state index contributed by atoms with van der Waals surface area (Å²) in [5.74, 6) is 1.27. The zero-order valence-electron chi connectivity index (χ0n) is 14.5. The first-order chi connectivity index (χ1) is 11.5. The fourth-order valence-electron chi connectivity index (χ4n) is 3.19. The summed E-state index contributed by atoms with van der Waals surface area (Å²) in [5.41, 5.74) is 1.62. The Morgan fingerprint density at radius 3 is 2.58 bits per heavy atom. The third kappa shape index (κ3) is 2.89. The largest absolute Gasteiger partial charge is 0.497 e. The van der Waals surface area contributed by atoms with Gasteiger partial charge in [-0.1, -0.05) is 24.3 Å². The van der Waals surface area contributed by atoms with E-state index in [1.165, 1.54) is 0 Å². The Labute approximate surface area is 143 Å². The lowest BCUT2D eigenvalue weighted by Gasteiger charge is -2.38. The van der Waals surface area contributed by atoms with Crippen LogP contribution in [0.15, 0.2) is 48.5 Å². The van der Waals surface area contributed by atoms with Gasteiger partial charge in [0.2, 0.25) is 0 Å². The van der Waals surface area contributed by atoms with Gasteiger partial charge in [-0.25, -0.2) is 0 Å². The van der Waals surface area contributed by atoms with E-state index in [1.54, 1.807) is 7.11 Å². The second kappa shape index (κ2) is 6.65. The minimum atomic E-state index is -0.333. The molecule has 4 nitrogen and oxygen atoms in total. The highest BCUT2D eigenvalue weighted by Crippen LogP contribution is 2.41. The molecule has 1 aliphatic rings. The number of hydrogen-bond acceptors (Lipinski definition) is 4. The summed E-state index contributed by atoms with van der Waals surface area (Å²) >= 11 is 0. The van der Waals surface area contributed by atoms with E-state index in [-0.39, 0.29) is 23.8 Å². The number of carbonyl (C=O) groups excluding carboxylic acids is 1. The quantitative estimate of drug-likeness (QED) is 0.861. The molecule has 0 spiro atoms. The van der Waals surface area contributed by atoms with E-state index in [0.29, 0.717) is 11.3 Å². The molecule has 1 heterocycles. The lowest BCUT2D eigenvalue weighted by atomic mass is 9.81. The number of rotatable bonds is 4. The van der Waals surface area contributed by atoms with Crippen molar-refractivity contribution in [3.63, 3.8) is 0 Å². The Kier molecular flexibility index (Phi) is 4.58. The molecule has 0 radical (unpaired) electrons. The van der Waals surface area contributed by atoms with Crippen molar-refractivity contribution >= 4 is 5.78 Å². The van der Waals surface area contributed by atoms with E-state index >= 15 is 0 Å². The van der Waals surface area contributed by atoms with Crippen LogP contribution in [0.2, 0.25) is 0 Å². The van der Waals surface area contributed by atoms with Crippen LogP contribution in [0, 0.1) is 5.92 Å². The SMILES string of the molecule is COc1cccc(C2Oc3ccccc3C(=O)C2C(C)N(C)C)c1. The van der Waals surface area contributed by atoms with Crippen LogP contribution in [-0.4, -0.2) is 37.9 Å². The molecule has 3 unspecified atom stereocenters. The van der Waals surface area contributed by atoms with Gasteiger partial charge in [0.15, 0.2) is 5.78 Å². The van der Waals surface area contributed by atoms with Crippen LogP contribution in [0.1, 0.15) is 28.9 Å². The van der Waals surface area contributed by atoms with Gasteiger partial charge in [-0.05, 0) is 50.8 Å². The number of para-hydroxylation sites is 1. The molecule has 0 saturated carbocycles. The van der Waals surface area contributed by atoms with Gasteiger partial charge in [0.1, 0.15) is 17.6 Å². The Hall–Kier alpha value is -2.33. The van der Waals surface area contributed by atoms with E-state index in [4.69, 9.17) is 9.47 Å². The van der Waals surface area contributed by atoms with Crippen LogP contribution >= 0.6 is 0 Å². The lowest BCUT2D eigenvalue weighted by molar-refractivity contribution is 0.0455. The number of benzene rings is 2. The summed E-state index contributed by atoms with van der Waals surface area (Å²) in [5, 5.41) is 0. The zero-order valence-corrected chi connectivity index (χ0v) is 14.5. The van der Waals surface area contributed by atoms with Crippen molar-refractivity contribution in [3.8, 4) is 11.5 Å². The van der Waals surface area contributed by atoms with Crippen LogP contribution in [0.4, 0.5) is 0 Å². The number of Topliss-reactive ketones (excluding diaryl/α,β-unsaturated/α-hetero) is 1. The minimum Gasteiger partial charge on any atom is -0.497 e. The van der Waals surface area contributed by atoms with Crippen molar-refractivity contribution < 1.29 is 14.3 Å². The van der Waals surface area contributed by atoms with E-state index in [1.807, 2.05) is 62.6 Å². The van der Waals surface area contributed by atoms with Crippen molar-refractivity contribution in [2.75, 3.05) is 21.2 Å². The Balaban J connectivity index is 2.09. The average molecular weight is 325 g/mol. The Morgan fingerprint density at radius 2 is 1.88 bits per heavy atom. The lowest BCUT2D eigenvalue weighted by Crippen LogP contribution is -2.44. The van der Waals surface area contributed by atoms with E-state index in [0.717, 1.165) is 11.3 Å². The van der Waals surface area contributed by atoms with Crippen LogP contribution in [0.25, 0.3) is 0 Å². The highest BCUT2D eigenvalue weighted by atomic mass is 16.5. The van der Waals surface area contributed by atoms with Gasteiger partial charge in [-0.2, -0.15) is 0 Å². The summed E-state index contributed by atoms with van der Waals surface area (Å²) in [6.45, 7) is 2.06. The number of methoxy groups -OCH3 is 1. The molecule has 24 heavy (non-hydrogen) atoms. The highest BCUT2D eigenvalue weighted by molar-refractivity contribution is 6.02. The maximum Gasteiger partial charge on any atom is 0.175 e. The molecule has 0 fully saturated rings. The molecular weight excluding hydrogens is 302 g/mol. The molecule has 4 heteroatoms. The molecule has 0 bridgehead atoms. The molecule has 2 aromatic carbocycles. The van der Waals surface area contributed by atoms with Crippen molar-refractivity contribution in [3.05, 3.63) is 59.7 Å². The topological polar surface area (TPSA) is 38.8 Å². The van der Waals surface area contributed by atoms with Gasteiger partial charge < -0.3 is 14.4 Å². The molecule has 0 saturated heterocycles.